The molecule has 1 saturated heterocycles. The van der Waals surface area contributed by atoms with Crippen LogP contribution < -0.4 is 10.2 Å². The minimum absolute atomic E-state index is 0.0807. The molecule has 10 heteroatoms. The zero-order valence-electron chi connectivity index (χ0n) is 20.6. The Bertz CT molecular complexity index is 1500. The van der Waals surface area contributed by atoms with Crippen LogP contribution in [0.25, 0.3) is 21.5 Å². The highest BCUT2D eigenvalue weighted by Gasteiger charge is 2.35. The summed E-state index contributed by atoms with van der Waals surface area (Å²) in [4.78, 5) is 35.7. The minimum Gasteiger partial charge on any atom is -0.462 e. The van der Waals surface area contributed by atoms with Gasteiger partial charge in [0.1, 0.15) is 5.69 Å². The van der Waals surface area contributed by atoms with Crippen LogP contribution in [0.2, 0.25) is 0 Å². The zero-order valence-corrected chi connectivity index (χ0v) is 20.6. The van der Waals surface area contributed by atoms with Crippen molar-refractivity contribution in [2.75, 3.05) is 36.5 Å². The number of nitro groups is 2. The highest BCUT2D eigenvalue weighted by Crippen LogP contribution is 2.39. The Kier molecular flexibility index (Phi) is 7.03. The lowest BCUT2D eigenvalue weighted by Crippen LogP contribution is -2.12. The maximum Gasteiger partial charge on any atom is 0.340 e. The van der Waals surface area contributed by atoms with E-state index in [-0.39, 0.29) is 17.9 Å². The number of hydrogen-bond donors (Lipinski definition) is 1. The third kappa shape index (κ3) is 5.19. The molecule has 0 atom stereocenters. The van der Waals surface area contributed by atoms with Gasteiger partial charge in [0.2, 0.25) is 0 Å². The molecule has 1 aliphatic rings. The van der Waals surface area contributed by atoms with E-state index in [1.54, 1.807) is 4.90 Å². The summed E-state index contributed by atoms with van der Waals surface area (Å²) in [7, 11) is 0. The molecule has 38 heavy (non-hydrogen) atoms. The molecule has 0 aliphatic carbocycles. The van der Waals surface area contributed by atoms with Crippen LogP contribution in [0.15, 0.2) is 66.7 Å². The Hall–Kier alpha value is -4.73. The first kappa shape index (κ1) is 24.9. The smallest absolute Gasteiger partial charge is 0.340 e. The van der Waals surface area contributed by atoms with Gasteiger partial charge in [-0.05, 0) is 36.1 Å². The van der Waals surface area contributed by atoms with Gasteiger partial charge in [0, 0.05) is 42.2 Å². The summed E-state index contributed by atoms with van der Waals surface area (Å²) in [6.45, 7) is 1.93. The second-order valence-corrected chi connectivity index (χ2v) is 9.18. The molecule has 4 aromatic rings. The normalized spacial score (nSPS) is 12.5. The molecule has 194 valence electrons. The number of unbranched alkanes of at least 4 members (excludes halogenated alkanes) is 2. The van der Waals surface area contributed by atoms with Crippen LogP contribution in [0.4, 0.5) is 22.7 Å². The summed E-state index contributed by atoms with van der Waals surface area (Å²) in [6, 6.07) is 20.6. The fraction of sp³-hybridized carbons (Fsp3) is 0.250. The molecule has 0 amide bonds. The van der Waals surface area contributed by atoms with E-state index in [1.165, 1.54) is 10.8 Å². The molecule has 0 saturated carbocycles. The standard InChI is InChI=1S/C28H26N4O6/c33-28(24-17-21(31(34)35)18-25(32(36)37)27(24)30-13-14-30)38-15-7-1-6-12-29-26-22-10-4-2-8-19(22)16-20-9-3-5-11-23(20)26/h2-5,8-11,16-18,29H,1,6-7,12-15H2. The number of ether oxygens (including phenoxy) is 1. The van der Waals surface area contributed by atoms with Gasteiger partial charge in [-0.25, -0.2) is 4.79 Å². The van der Waals surface area contributed by atoms with E-state index in [0.29, 0.717) is 19.5 Å². The van der Waals surface area contributed by atoms with Gasteiger partial charge < -0.3 is 15.0 Å². The highest BCUT2D eigenvalue weighted by molar-refractivity contribution is 6.11. The summed E-state index contributed by atoms with van der Waals surface area (Å²) < 4.78 is 5.37. The second kappa shape index (κ2) is 10.7. The predicted molar refractivity (Wildman–Crippen MR) is 146 cm³/mol. The summed E-state index contributed by atoms with van der Waals surface area (Å²) in [5.41, 5.74) is 0.0574. The zero-order chi connectivity index (χ0) is 26.6. The number of non-ortho nitro benzene ring substituents is 1. The van der Waals surface area contributed by atoms with Gasteiger partial charge in [0.15, 0.2) is 0 Å². The van der Waals surface area contributed by atoms with Crippen LogP contribution in [0.1, 0.15) is 29.6 Å². The van der Waals surface area contributed by atoms with Crippen LogP contribution in [0.3, 0.4) is 0 Å². The molecule has 5 rings (SSSR count). The number of anilines is 2. The van der Waals surface area contributed by atoms with Crippen LogP contribution in [-0.2, 0) is 4.74 Å². The molecule has 1 aliphatic heterocycles. The molecule has 0 unspecified atom stereocenters. The summed E-state index contributed by atoms with van der Waals surface area (Å²) >= 11 is 0. The van der Waals surface area contributed by atoms with Crippen LogP contribution in [0, 0.1) is 20.2 Å². The quantitative estimate of drug-likeness (QED) is 0.0638. The lowest BCUT2D eigenvalue weighted by molar-refractivity contribution is -0.393. The number of benzene rings is 4. The lowest BCUT2D eigenvalue weighted by Gasteiger charge is -2.14. The maximum atomic E-state index is 12.8. The number of hydrogen-bond acceptors (Lipinski definition) is 8. The van der Waals surface area contributed by atoms with E-state index < -0.39 is 27.2 Å². The third-order valence-corrected chi connectivity index (χ3v) is 6.59. The Labute approximate surface area is 218 Å². The fourth-order valence-electron chi connectivity index (χ4n) is 4.67. The van der Waals surface area contributed by atoms with Crippen molar-refractivity contribution in [3.8, 4) is 0 Å². The van der Waals surface area contributed by atoms with E-state index in [4.69, 9.17) is 4.74 Å². The third-order valence-electron chi connectivity index (χ3n) is 6.59. The van der Waals surface area contributed by atoms with Crippen molar-refractivity contribution in [3.63, 3.8) is 0 Å². The minimum atomic E-state index is -0.793. The first-order chi connectivity index (χ1) is 18.4. The molecule has 0 spiro atoms. The van der Waals surface area contributed by atoms with Crippen LogP contribution >= 0.6 is 0 Å². The lowest BCUT2D eigenvalue weighted by atomic mass is 10.0. The van der Waals surface area contributed by atoms with Crippen molar-refractivity contribution < 1.29 is 19.4 Å². The molecule has 0 radical (unpaired) electrons. The first-order valence-electron chi connectivity index (χ1n) is 12.5. The van der Waals surface area contributed by atoms with Gasteiger partial charge in [-0.15, -0.1) is 0 Å². The van der Waals surface area contributed by atoms with Crippen molar-refractivity contribution in [2.45, 2.75) is 19.3 Å². The first-order valence-corrected chi connectivity index (χ1v) is 12.5. The van der Waals surface area contributed by atoms with Crippen molar-refractivity contribution in [2.24, 2.45) is 0 Å². The number of esters is 1. The molecular weight excluding hydrogens is 488 g/mol. The highest BCUT2D eigenvalue weighted by atomic mass is 16.6. The van der Waals surface area contributed by atoms with E-state index in [1.807, 2.05) is 24.3 Å². The second-order valence-electron chi connectivity index (χ2n) is 9.18. The average Bonchev–Trinajstić information content (AvgIpc) is 3.76. The molecular formula is C28H26N4O6. The summed E-state index contributed by atoms with van der Waals surface area (Å²) in [5, 5.41) is 31.0. The Morgan fingerprint density at radius 1 is 0.868 bits per heavy atom. The van der Waals surface area contributed by atoms with Crippen molar-refractivity contribution in [1.82, 2.24) is 0 Å². The van der Waals surface area contributed by atoms with Gasteiger partial charge in [-0.1, -0.05) is 48.5 Å². The van der Waals surface area contributed by atoms with Gasteiger partial charge in [0.05, 0.1) is 28.1 Å². The van der Waals surface area contributed by atoms with Crippen molar-refractivity contribution in [1.29, 1.82) is 0 Å². The van der Waals surface area contributed by atoms with Crippen molar-refractivity contribution in [3.05, 3.63) is 92.5 Å². The van der Waals surface area contributed by atoms with Gasteiger partial charge in [0.25, 0.3) is 11.4 Å². The van der Waals surface area contributed by atoms with Crippen molar-refractivity contribution >= 4 is 50.3 Å². The topological polar surface area (TPSA) is 128 Å². The van der Waals surface area contributed by atoms with E-state index in [9.17, 15) is 25.0 Å². The molecule has 10 nitrogen and oxygen atoms in total. The van der Waals surface area contributed by atoms with E-state index in [2.05, 4.69) is 35.6 Å². The molecule has 1 heterocycles. The number of nitrogens with zero attached hydrogens (tertiary/aromatic N) is 3. The fourth-order valence-corrected chi connectivity index (χ4v) is 4.67. The number of carbonyl (C=O) groups is 1. The molecule has 1 N–H and O–H groups in total. The monoisotopic (exact) mass is 514 g/mol. The SMILES string of the molecule is O=C(OCCCCCNc1c2ccccc2cc2ccccc12)c1cc([N+](=O)[O-])cc([N+](=O)[O-])c1N1CC1. The predicted octanol–water partition coefficient (Wildman–Crippen LogP) is 6.07. The average molecular weight is 515 g/mol. The van der Waals surface area contributed by atoms with Gasteiger partial charge in [-0.2, -0.15) is 0 Å². The largest absolute Gasteiger partial charge is 0.462 e. The van der Waals surface area contributed by atoms with Gasteiger partial charge in [-0.3, -0.25) is 20.2 Å². The number of rotatable bonds is 11. The number of nitrogens with one attached hydrogen (secondary N) is 1. The molecule has 0 bridgehead atoms. The summed E-state index contributed by atoms with van der Waals surface area (Å²) in [5.74, 6) is -0.793. The molecule has 1 fully saturated rings. The van der Waals surface area contributed by atoms with E-state index in [0.717, 1.165) is 48.0 Å². The Balaban J connectivity index is 1.18. The van der Waals surface area contributed by atoms with Crippen LogP contribution in [0.5, 0.6) is 0 Å². The number of carbonyl (C=O) groups excluding carboxylic acids is 1. The van der Waals surface area contributed by atoms with Gasteiger partial charge >= 0.3 is 5.97 Å². The number of nitro benzene ring substituents is 2. The molecule has 4 aromatic carbocycles. The number of fused-ring (bicyclic) bond motifs is 2. The maximum absolute atomic E-state index is 12.8. The molecule has 0 aromatic heterocycles. The Morgan fingerprint density at radius 3 is 2.13 bits per heavy atom. The van der Waals surface area contributed by atoms with Crippen LogP contribution in [-0.4, -0.2) is 42.1 Å². The Morgan fingerprint density at radius 2 is 1.53 bits per heavy atom. The van der Waals surface area contributed by atoms with E-state index >= 15 is 0 Å². The summed E-state index contributed by atoms with van der Waals surface area (Å²) in [6.07, 6.45) is 2.23.